The van der Waals surface area contributed by atoms with Crippen LogP contribution in [0.25, 0.3) is 0 Å². The molecule has 0 saturated heterocycles. The van der Waals surface area contributed by atoms with E-state index in [1.54, 1.807) is 6.20 Å². The topological polar surface area (TPSA) is 88.0 Å². The van der Waals surface area contributed by atoms with E-state index in [0.29, 0.717) is 13.0 Å². The Morgan fingerprint density at radius 2 is 1.73 bits per heavy atom. The molecule has 30 heavy (non-hydrogen) atoms. The van der Waals surface area contributed by atoms with Crippen molar-refractivity contribution in [1.29, 1.82) is 0 Å². The highest BCUT2D eigenvalue weighted by molar-refractivity contribution is 5.90. The summed E-state index contributed by atoms with van der Waals surface area (Å²) in [7, 11) is 0. The summed E-state index contributed by atoms with van der Waals surface area (Å²) in [5.41, 5.74) is 3.89. The zero-order chi connectivity index (χ0) is 21.3. The van der Waals surface area contributed by atoms with Crippen LogP contribution in [0.2, 0.25) is 0 Å². The van der Waals surface area contributed by atoms with Gasteiger partial charge in [-0.3, -0.25) is 9.48 Å². The number of carbonyl (C=O) groups is 2. The van der Waals surface area contributed by atoms with Crippen LogP contribution < -0.4 is 16.0 Å². The molecule has 1 atom stereocenters. The lowest BCUT2D eigenvalue weighted by Gasteiger charge is -2.16. The van der Waals surface area contributed by atoms with Gasteiger partial charge in [0.2, 0.25) is 5.91 Å². The van der Waals surface area contributed by atoms with Crippen LogP contribution in [-0.4, -0.2) is 21.7 Å². The first-order chi connectivity index (χ1) is 14.5. The van der Waals surface area contributed by atoms with E-state index >= 15 is 0 Å². The summed E-state index contributed by atoms with van der Waals surface area (Å²) in [6, 6.07) is 17.1. The smallest absolute Gasteiger partial charge is 0.315 e. The van der Waals surface area contributed by atoms with Crippen LogP contribution in [0.15, 0.2) is 67.0 Å². The second-order valence-electron chi connectivity index (χ2n) is 7.09. The monoisotopic (exact) mass is 405 g/mol. The van der Waals surface area contributed by atoms with E-state index in [4.69, 9.17) is 0 Å². The second-order valence-corrected chi connectivity index (χ2v) is 7.09. The van der Waals surface area contributed by atoms with Crippen molar-refractivity contribution < 1.29 is 9.59 Å². The van der Waals surface area contributed by atoms with E-state index in [9.17, 15) is 9.59 Å². The normalized spacial score (nSPS) is 11.5. The minimum Gasteiger partial charge on any atom is -0.334 e. The number of aromatic nitrogens is 2. The molecule has 0 saturated carbocycles. The predicted molar refractivity (Wildman–Crippen MR) is 117 cm³/mol. The van der Waals surface area contributed by atoms with Crippen LogP contribution in [0.5, 0.6) is 0 Å². The highest BCUT2D eigenvalue weighted by atomic mass is 16.2. The van der Waals surface area contributed by atoms with Crippen molar-refractivity contribution in [3.8, 4) is 0 Å². The molecule has 1 unspecified atom stereocenters. The number of anilines is 1. The van der Waals surface area contributed by atoms with E-state index in [2.05, 4.69) is 21.0 Å². The molecule has 0 aliphatic heterocycles. The molecule has 0 spiro atoms. The highest BCUT2D eigenvalue weighted by Gasteiger charge is 2.10. The van der Waals surface area contributed by atoms with Gasteiger partial charge in [0.25, 0.3) is 0 Å². The van der Waals surface area contributed by atoms with Gasteiger partial charge in [-0.05, 0) is 41.8 Å². The standard InChI is InChI=1S/C23H27N5O2/c1-3-22(29)27-21-11-9-20(10-12-21)17(2)26-23(30)24-15-18-5-7-19(8-6-18)16-28-14-4-13-25-28/h4-14,17H,3,15-16H2,1-2H3,(H,27,29)(H2,24,26,30). The van der Waals surface area contributed by atoms with Gasteiger partial charge in [-0.15, -0.1) is 0 Å². The van der Waals surface area contributed by atoms with Crippen molar-refractivity contribution in [3.05, 3.63) is 83.7 Å². The Labute approximate surface area is 176 Å². The van der Waals surface area contributed by atoms with Gasteiger partial charge in [-0.2, -0.15) is 5.10 Å². The Morgan fingerprint density at radius 3 is 2.37 bits per heavy atom. The van der Waals surface area contributed by atoms with Crippen molar-refractivity contribution in [2.45, 2.75) is 39.4 Å². The Kier molecular flexibility index (Phi) is 7.21. The molecule has 7 heteroatoms. The second kappa shape index (κ2) is 10.2. The Hall–Kier alpha value is -3.61. The molecular weight excluding hydrogens is 378 g/mol. The van der Waals surface area contributed by atoms with Crippen molar-refractivity contribution in [2.24, 2.45) is 0 Å². The molecule has 3 aromatic rings. The Balaban J connectivity index is 1.45. The Bertz CT molecular complexity index is 950. The van der Waals surface area contributed by atoms with Gasteiger partial charge in [-0.1, -0.05) is 43.3 Å². The quantitative estimate of drug-likeness (QED) is 0.532. The fraction of sp³-hybridized carbons (Fsp3) is 0.261. The van der Waals surface area contributed by atoms with Gasteiger partial charge in [0.05, 0.1) is 12.6 Å². The number of amides is 3. The van der Waals surface area contributed by atoms with Gasteiger partial charge in [-0.25, -0.2) is 4.79 Å². The molecule has 0 aliphatic rings. The summed E-state index contributed by atoms with van der Waals surface area (Å²) >= 11 is 0. The molecule has 1 heterocycles. The lowest BCUT2D eigenvalue weighted by atomic mass is 10.1. The molecule has 3 rings (SSSR count). The third-order valence-electron chi connectivity index (χ3n) is 4.74. The lowest BCUT2D eigenvalue weighted by molar-refractivity contribution is -0.115. The van der Waals surface area contributed by atoms with Crippen LogP contribution in [0.3, 0.4) is 0 Å². The molecule has 0 aliphatic carbocycles. The Morgan fingerprint density at radius 1 is 1.03 bits per heavy atom. The minimum atomic E-state index is -0.230. The summed E-state index contributed by atoms with van der Waals surface area (Å²) < 4.78 is 1.87. The number of benzene rings is 2. The van der Waals surface area contributed by atoms with E-state index in [1.165, 1.54) is 0 Å². The van der Waals surface area contributed by atoms with Crippen molar-refractivity contribution in [3.63, 3.8) is 0 Å². The molecular formula is C23H27N5O2. The average molecular weight is 406 g/mol. The number of nitrogens with one attached hydrogen (secondary N) is 3. The van der Waals surface area contributed by atoms with Gasteiger partial charge < -0.3 is 16.0 Å². The maximum absolute atomic E-state index is 12.2. The largest absolute Gasteiger partial charge is 0.334 e. The first kappa shape index (κ1) is 21.1. The van der Waals surface area contributed by atoms with Gasteiger partial charge in [0, 0.05) is 31.0 Å². The van der Waals surface area contributed by atoms with Crippen LogP contribution in [0.1, 0.15) is 43.0 Å². The summed E-state index contributed by atoms with van der Waals surface area (Å²) in [4.78, 5) is 23.7. The first-order valence-corrected chi connectivity index (χ1v) is 10.0. The van der Waals surface area contributed by atoms with E-state index < -0.39 is 0 Å². The van der Waals surface area contributed by atoms with Gasteiger partial charge in [0.1, 0.15) is 0 Å². The molecule has 2 aromatic carbocycles. The first-order valence-electron chi connectivity index (χ1n) is 10.0. The summed E-state index contributed by atoms with van der Waals surface area (Å²) in [5.74, 6) is -0.0253. The molecule has 0 fully saturated rings. The van der Waals surface area contributed by atoms with Crippen LogP contribution >= 0.6 is 0 Å². The molecule has 1 aromatic heterocycles. The summed E-state index contributed by atoms with van der Waals surface area (Å²) in [5, 5.41) is 12.8. The van der Waals surface area contributed by atoms with Crippen molar-refractivity contribution in [1.82, 2.24) is 20.4 Å². The van der Waals surface area contributed by atoms with E-state index in [0.717, 1.165) is 28.9 Å². The maximum atomic E-state index is 12.2. The van der Waals surface area contributed by atoms with Gasteiger partial charge in [0.15, 0.2) is 0 Å². The third kappa shape index (κ3) is 6.20. The molecule has 7 nitrogen and oxygen atoms in total. The van der Waals surface area contributed by atoms with Crippen LogP contribution in [-0.2, 0) is 17.9 Å². The predicted octanol–water partition coefficient (Wildman–Crippen LogP) is 3.84. The fourth-order valence-corrected chi connectivity index (χ4v) is 2.96. The number of nitrogens with zero attached hydrogens (tertiary/aromatic N) is 2. The average Bonchev–Trinajstić information content (AvgIpc) is 3.26. The summed E-state index contributed by atoms with van der Waals surface area (Å²) in [6.07, 6.45) is 4.12. The number of carbonyl (C=O) groups excluding carboxylic acids is 2. The number of hydrogen-bond donors (Lipinski definition) is 3. The van der Waals surface area contributed by atoms with Crippen LogP contribution in [0, 0.1) is 0 Å². The maximum Gasteiger partial charge on any atom is 0.315 e. The fourth-order valence-electron chi connectivity index (χ4n) is 2.96. The molecule has 3 amide bonds. The van der Waals surface area contributed by atoms with E-state index in [-0.39, 0.29) is 18.0 Å². The SMILES string of the molecule is CCC(=O)Nc1ccc(C(C)NC(=O)NCc2ccc(Cn3cccn3)cc2)cc1. The summed E-state index contributed by atoms with van der Waals surface area (Å²) in [6.45, 7) is 4.90. The van der Waals surface area contributed by atoms with Crippen molar-refractivity contribution in [2.75, 3.05) is 5.32 Å². The third-order valence-corrected chi connectivity index (χ3v) is 4.74. The molecule has 3 N–H and O–H groups in total. The number of urea groups is 1. The molecule has 0 radical (unpaired) electrons. The molecule has 156 valence electrons. The zero-order valence-electron chi connectivity index (χ0n) is 17.3. The zero-order valence-corrected chi connectivity index (χ0v) is 17.3. The van der Waals surface area contributed by atoms with Crippen molar-refractivity contribution >= 4 is 17.6 Å². The van der Waals surface area contributed by atoms with Gasteiger partial charge >= 0.3 is 6.03 Å². The highest BCUT2D eigenvalue weighted by Crippen LogP contribution is 2.16. The van der Waals surface area contributed by atoms with Crippen LogP contribution in [0.4, 0.5) is 10.5 Å². The minimum absolute atomic E-state index is 0.0253. The number of rotatable bonds is 8. The van der Waals surface area contributed by atoms with E-state index in [1.807, 2.05) is 79.3 Å². The number of hydrogen-bond acceptors (Lipinski definition) is 3. The lowest BCUT2D eigenvalue weighted by Crippen LogP contribution is -2.36. The molecule has 0 bridgehead atoms.